The summed E-state index contributed by atoms with van der Waals surface area (Å²) in [4.78, 5) is 11.8. The van der Waals surface area contributed by atoms with Crippen molar-refractivity contribution in [3.8, 4) is 0 Å². The summed E-state index contributed by atoms with van der Waals surface area (Å²) in [6.07, 6.45) is 0.931. The summed E-state index contributed by atoms with van der Waals surface area (Å²) >= 11 is 0. The molecule has 0 spiro atoms. The molecule has 1 fully saturated rings. The van der Waals surface area contributed by atoms with Gasteiger partial charge >= 0.3 is 0 Å². The highest BCUT2D eigenvalue weighted by molar-refractivity contribution is 5.94. The normalized spacial score (nSPS) is 19.8. The van der Waals surface area contributed by atoms with Crippen molar-refractivity contribution in [2.75, 3.05) is 13.1 Å². The summed E-state index contributed by atoms with van der Waals surface area (Å²) in [6, 6.07) is 4.72. The van der Waals surface area contributed by atoms with E-state index in [1.165, 1.54) is 6.07 Å². The molecule has 0 aromatic heterocycles. The molecule has 1 aromatic rings. The summed E-state index contributed by atoms with van der Waals surface area (Å²) in [5, 5.41) is 6.03. The van der Waals surface area contributed by atoms with Gasteiger partial charge in [0, 0.05) is 18.2 Å². The van der Waals surface area contributed by atoms with Crippen LogP contribution in [-0.2, 0) is 0 Å². The largest absolute Gasteiger partial charge is 0.348 e. The van der Waals surface area contributed by atoms with Crippen LogP contribution in [0.4, 0.5) is 4.39 Å². The third-order valence-electron chi connectivity index (χ3n) is 2.83. The van der Waals surface area contributed by atoms with Gasteiger partial charge in [0.05, 0.1) is 0 Å². The molecule has 0 aliphatic carbocycles. The van der Waals surface area contributed by atoms with Gasteiger partial charge in [-0.1, -0.05) is 6.07 Å². The Kier molecular flexibility index (Phi) is 3.19. The fourth-order valence-electron chi connectivity index (χ4n) is 1.78. The van der Waals surface area contributed by atoms with Crippen LogP contribution in [0.2, 0.25) is 0 Å². The van der Waals surface area contributed by atoms with E-state index in [1.807, 2.05) is 0 Å². The summed E-state index contributed by atoms with van der Waals surface area (Å²) in [7, 11) is 0. The first-order valence-electron chi connectivity index (χ1n) is 5.44. The second-order valence-corrected chi connectivity index (χ2v) is 4.13. The summed E-state index contributed by atoms with van der Waals surface area (Å²) in [6.45, 7) is 3.39. The van der Waals surface area contributed by atoms with Crippen LogP contribution in [0, 0.1) is 12.7 Å². The molecule has 1 aliphatic heterocycles. The van der Waals surface area contributed by atoms with E-state index in [9.17, 15) is 9.18 Å². The molecular weight excluding hydrogens is 207 g/mol. The van der Waals surface area contributed by atoms with E-state index in [-0.39, 0.29) is 17.8 Å². The van der Waals surface area contributed by atoms with Crippen LogP contribution < -0.4 is 10.6 Å². The van der Waals surface area contributed by atoms with Gasteiger partial charge < -0.3 is 10.6 Å². The number of rotatable bonds is 2. The van der Waals surface area contributed by atoms with Gasteiger partial charge in [0.1, 0.15) is 5.82 Å². The van der Waals surface area contributed by atoms with Gasteiger partial charge in [0.15, 0.2) is 0 Å². The molecule has 0 radical (unpaired) electrons. The molecular formula is C12H15FN2O. The van der Waals surface area contributed by atoms with E-state index >= 15 is 0 Å². The van der Waals surface area contributed by atoms with Crippen LogP contribution in [-0.4, -0.2) is 25.0 Å². The molecule has 2 rings (SSSR count). The van der Waals surface area contributed by atoms with Crippen LogP contribution >= 0.6 is 0 Å². The minimum atomic E-state index is -0.336. The van der Waals surface area contributed by atoms with Gasteiger partial charge in [-0.25, -0.2) is 4.39 Å². The maximum Gasteiger partial charge on any atom is 0.251 e. The molecule has 4 heteroatoms. The van der Waals surface area contributed by atoms with Gasteiger partial charge in [-0.3, -0.25) is 4.79 Å². The van der Waals surface area contributed by atoms with Crippen LogP contribution in [0.3, 0.4) is 0 Å². The fourth-order valence-corrected chi connectivity index (χ4v) is 1.78. The number of hydrogen-bond acceptors (Lipinski definition) is 2. The van der Waals surface area contributed by atoms with Gasteiger partial charge in [0.2, 0.25) is 0 Å². The van der Waals surface area contributed by atoms with E-state index in [0.717, 1.165) is 19.5 Å². The molecule has 1 heterocycles. The standard InChI is InChI=1S/C12H15FN2O/c1-8-2-3-9(6-11(8)13)12(16)15-10-4-5-14-7-10/h2-3,6,10,14H,4-5,7H2,1H3,(H,15,16)/t10-/m0/s1. The monoisotopic (exact) mass is 222 g/mol. The molecule has 3 nitrogen and oxygen atoms in total. The molecule has 1 aromatic carbocycles. The van der Waals surface area contributed by atoms with Crippen molar-refractivity contribution in [2.24, 2.45) is 0 Å². The average Bonchev–Trinajstić information content (AvgIpc) is 2.74. The molecule has 0 saturated carbocycles. The maximum absolute atomic E-state index is 13.3. The van der Waals surface area contributed by atoms with Crippen molar-refractivity contribution in [3.05, 3.63) is 35.1 Å². The first-order chi connectivity index (χ1) is 7.66. The second-order valence-electron chi connectivity index (χ2n) is 4.13. The van der Waals surface area contributed by atoms with Crippen molar-refractivity contribution in [1.82, 2.24) is 10.6 Å². The lowest BCUT2D eigenvalue weighted by Crippen LogP contribution is -2.36. The van der Waals surface area contributed by atoms with Crippen molar-refractivity contribution in [2.45, 2.75) is 19.4 Å². The number of nitrogens with one attached hydrogen (secondary N) is 2. The number of carbonyl (C=O) groups is 1. The van der Waals surface area contributed by atoms with Crippen LogP contribution in [0.1, 0.15) is 22.3 Å². The minimum absolute atomic E-state index is 0.164. The molecule has 1 amide bonds. The van der Waals surface area contributed by atoms with Crippen LogP contribution in [0.25, 0.3) is 0 Å². The van der Waals surface area contributed by atoms with E-state index in [1.54, 1.807) is 19.1 Å². The molecule has 0 unspecified atom stereocenters. The van der Waals surface area contributed by atoms with Gasteiger partial charge in [-0.2, -0.15) is 0 Å². The number of benzene rings is 1. The Bertz CT molecular complexity index is 400. The van der Waals surface area contributed by atoms with Gasteiger partial charge in [-0.05, 0) is 37.6 Å². The molecule has 86 valence electrons. The molecule has 16 heavy (non-hydrogen) atoms. The lowest BCUT2D eigenvalue weighted by molar-refractivity contribution is 0.0939. The number of hydrogen-bond donors (Lipinski definition) is 2. The zero-order chi connectivity index (χ0) is 11.5. The van der Waals surface area contributed by atoms with Crippen molar-refractivity contribution in [1.29, 1.82) is 0 Å². The minimum Gasteiger partial charge on any atom is -0.348 e. The van der Waals surface area contributed by atoms with Crippen LogP contribution in [0.15, 0.2) is 18.2 Å². The fraction of sp³-hybridized carbons (Fsp3) is 0.417. The average molecular weight is 222 g/mol. The highest BCUT2D eigenvalue weighted by atomic mass is 19.1. The number of aryl methyl sites for hydroxylation is 1. The second kappa shape index (κ2) is 4.61. The lowest BCUT2D eigenvalue weighted by Gasteiger charge is -2.11. The zero-order valence-electron chi connectivity index (χ0n) is 9.22. The smallest absolute Gasteiger partial charge is 0.251 e. The third-order valence-corrected chi connectivity index (χ3v) is 2.83. The van der Waals surface area contributed by atoms with E-state index in [2.05, 4.69) is 10.6 Å². The summed E-state index contributed by atoms with van der Waals surface area (Å²) in [5.41, 5.74) is 0.939. The Morgan fingerprint density at radius 3 is 3.00 bits per heavy atom. The first kappa shape index (κ1) is 11.1. The predicted octanol–water partition coefficient (Wildman–Crippen LogP) is 1.23. The Labute approximate surface area is 94.0 Å². The number of halogens is 1. The van der Waals surface area contributed by atoms with Crippen molar-refractivity contribution >= 4 is 5.91 Å². The zero-order valence-corrected chi connectivity index (χ0v) is 9.22. The summed E-state index contributed by atoms with van der Waals surface area (Å²) in [5.74, 6) is -0.537. The topological polar surface area (TPSA) is 41.1 Å². The number of amides is 1. The molecule has 1 atom stereocenters. The van der Waals surface area contributed by atoms with E-state index in [4.69, 9.17) is 0 Å². The Morgan fingerprint density at radius 2 is 2.38 bits per heavy atom. The van der Waals surface area contributed by atoms with Crippen molar-refractivity contribution in [3.63, 3.8) is 0 Å². The predicted molar refractivity (Wildman–Crippen MR) is 59.9 cm³/mol. The van der Waals surface area contributed by atoms with E-state index < -0.39 is 0 Å². The van der Waals surface area contributed by atoms with Crippen LogP contribution in [0.5, 0.6) is 0 Å². The van der Waals surface area contributed by atoms with E-state index in [0.29, 0.717) is 11.1 Å². The highest BCUT2D eigenvalue weighted by Crippen LogP contribution is 2.09. The molecule has 0 bridgehead atoms. The number of carbonyl (C=O) groups excluding carboxylic acids is 1. The molecule has 1 aliphatic rings. The third kappa shape index (κ3) is 2.39. The first-order valence-corrected chi connectivity index (χ1v) is 5.44. The van der Waals surface area contributed by atoms with Crippen molar-refractivity contribution < 1.29 is 9.18 Å². The summed E-state index contributed by atoms with van der Waals surface area (Å²) < 4.78 is 13.3. The lowest BCUT2D eigenvalue weighted by atomic mass is 10.1. The Morgan fingerprint density at radius 1 is 1.56 bits per heavy atom. The molecule has 2 N–H and O–H groups in total. The highest BCUT2D eigenvalue weighted by Gasteiger charge is 2.17. The Hall–Kier alpha value is -1.42. The maximum atomic E-state index is 13.3. The SMILES string of the molecule is Cc1ccc(C(=O)N[C@H]2CCNC2)cc1F. The Balaban J connectivity index is 2.05. The van der Waals surface area contributed by atoms with Gasteiger partial charge in [0.25, 0.3) is 5.91 Å². The van der Waals surface area contributed by atoms with Gasteiger partial charge in [-0.15, -0.1) is 0 Å². The quantitative estimate of drug-likeness (QED) is 0.790. The molecule has 1 saturated heterocycles.